The molecule has 3 rings (SSSR count). The molecule has 2 N–H and O–H groups in total. The number of hydrogen-bond acceptors (Lipinski definition) is 5. The molecule has 3 amide bonds. The first-order chi connectivity index (χ1) is 13.7. The van der Waals surface area contributed by atoms with E-state index >= 15 is 0 Å². The van der Waals surface area contributed by atoms with E-state index in [0.29, 0.717) is 16.1 Å². The van der Waals surface area contributed by atoms with Gasteiger partial charge in [-0.25, -0.2) is 9.59 Å². The van der Waals surface area contributed by atoms with E-state index < -0.39 is 30.1 Å². The highest BCUT2D eigenvalue weighted by molar-refractivity contribution is 6.07. The zero-order valence-corrected chi connectivity index (χ0v) is 15.0. The summed E-state index contributed by atoms with van der Waals surface area (Å²) >= 11 is 0. The van der Waals surface area contributed by atoms with E-state index in [2.05, 4.69) is 15.2 Å². The summed E-state index contributed by atoms with van der Waals surface area (Å²) in [6.45, 7) is -1.51. The van der Waals surface area contributed by atoms with Gasteiger partial charge in [-0.1, -0.05) is 24.3 Å². The minimum absolute atomic E-state index is 0.0798. The Morgan fingerprint density at radius 3 is 2.34 bits per heavy atom. The molecular weight excluding hydrogens is 388 g/mol. The number of benzene rings is 2. The van der Waals surface area contributed by atoms with Crippen molar-refractivity contribution in [1.29, 1.82) is 0 Å². The van der Waals surface area contributed by atoms with E-state index in [1.54, 1.807) is 0 Å². The number of urea groups is 1. The Hall–Kier alpha value is -3.82. The lowest BCUT2D eigenvalue weighted by Crippen LogP contribution is -2.40. The zero-order valence-electron chi connectivity index (χ0n) is 15.0. The minimum atomic E-state index is -2.97. The fraction of sp³-hybridized carbons (Fsp3) is 0.158. The van der Waals surface area contributed by atoms with Crippen LogP contribution in [0.15, 0.2) is 53.6 Å². The Morgan fingerprint density at radius 2 is 1.79 bits per heavy atom. The summed E-state index contributed by atoms with van der Waals surface area (Å²) in [6, 6.07) is 10.2. The van der Waals surface area contributed by atoms with E-state index in [0.717, 1.165) is 0 Å². The van der Waals surface area contributed by atoms with Gasteiger partial charge in [0.25, 0.3) is 5.91 Å². The molecule has 0 aliphatic carbocycles. The van der Waals surface area contributed by atoms with E-state index in [-0.39, 0.29) is 11.3 Å². The van der Waals surface area contributed by atoms with E-state index in [1.807, 2.05) is 0 Å². The second-order valence-corrected chi connectivity index (χ2v) is 6.25. The largest absolute Gasteiger partial charge is 0.478 e. The van der Waals surface area contributed by atoms with Crippen LogP contribution < -0.4 is 10.1 Å². The van der Waals surface area contributed by atoms with Gasteiger partial charge in [-0.2, -0.15) is 13.9 Å². The van der Waals surface area contributed by atoms with Crippen LogP contribution in [0.25, 0.3) is 0 Å². The van der Waals surface area contributed by atoms with E-state index in [9.17, 15) is 23.2 Å². The number of nitrogens with zero attached hydrogens (tertiary/aromatic N) is 2. The van der Waals surface area contributed by atoms with Crippen LogP contribution in [0.2, 0.25) is 0 Å². The van der Waals surface area contributed by atoms with Gasteiger partial charge in [-0.05, 0) is 42.3 Å². The van der Waals surface area contributed by atoms with Gasteiger partial charge in [0.15, 0.2) is 0 Å². The molecule has 29 heavy (non-hydrogen) atoms. The number of aromatic carboxylic acids is 1. The van der Waals surface area contributed by atoms with Crippen molar-refractivity contribution in [2.24, 2.45) is 5.10 Å². The summed E-state index contributed by atoms with van der Waals surface area (Å²) in [5.74, 6) is -1.82. The summed E-state index contributed by atoms with van der Waals surface area (Å²) < 4.78 is 28.8. The first-order valence-electron chi connectivity index (χ1n) is 8.30. The number of amides is 3. The first kappa shape index (κ1) is 19.9. The number of carboxylic acids is 1. The average molecular weight is 403 g/mol. The van der Waals surface area contributed by atoms with Crippen molar-refractivity contribution in [3.8, 4) is 5.75 Å². The smallest absolute Gasteiger partial charge is 0.387 e. The van der Waals surface area contributed by atoms with Gasteiger partial charge >= 0.3 is 18.6 Å². The highest BCUT2D eigenvalue weighted by Gasteiger charge is 2.49. The molecule has 1 atom stereocenters. The number of carbonyl (C=O) groups excluding carboxylic acids is 2. The molecule has 1 aliphatic heterocycles. The monoisotopic (exact) mass is 403 g/mol. The Bertz CT molecular complexity index is 976. The third-order valence-corrected chi connectivity index (χ3v) is 4.31. The van der Waals surface area contributed by atoms with Crippen molar-refractivity contribution in [2.45, 2.75) is 19.1 Å². The molecule has 150 valence electrons. The van der Waals surface area contributed by atoms with Gasteiger partial charge in [0, 0.05) is 0 Å². The average Bonchev–Trinajstić information content (AvgIpc) is 2.90. The predicted molar refractivity (Wildman–Crippen MR) is 96.8 cm³/mol. The summed E-state index contributed by atoms with van der Waals surface area (Å²) in [6.07, 6.45) is 1.24. The van der Waals surface area contributed by atoms with Gasteiger partial charge in [-0.15, -0.1) is 5.01 Å². The predicted octanol–water partition coefficient (Wildman–Crippen LogP) is 2.79. The highest BCUT2D eigenvalue weighted by atomic mass is 19.3. The molecule has 10 heteroatoms. The summed E-state index contributed by atoms with van der Waals surface area (Å²) in [7, 11) is 0. The normalized spacial score (nSPS) is 19.1. The maximum Gasteiger partial charge on any atom is 0.387 e. The molecule has 2 aromatic carbocycles. The van der Waals surface area contributed by atoms with Crippen LogP contribution in [0.1, 0.15) is 28.4 Å². The number of hydrazone groups is 1. The van der Waals surface area contributed by atoms with E-state index in [1.165, 1.54) is 61.7 Å². The van der Waals surface area contributed by atoms with Crippen molar-refractivity contribution in [2.75, 3.05) is 0 Å². The van der Waals surface area contributed by atoms with Crippen LogP contribution in [0, 0.1) is 0 Å². The standard InChI is InChI=1S/C19H15F2N3O5/c1-19(13-6-8-14(9-7-13)29-17(20)21)16(27)24(18(28)23-19)22-10-11-2-4-12(5-3-11)15(25)26/h2-10,17H,1H3,(H,23,28)(H,25,26)/b22-10-/t19-/m0/s1. The van der Waals surface area contributed by atoms with Gasteiger partial charge in [0.05, 0.1) is 11.8 Å². The number of nitrogens with one attached hydrogen (secondary N) is 1. The summed E-state index contributed by atoms with van der Waals surface area (Å²) in [5, 5.41) is 15.9. The fourth-order valence-corrected chi connectivity index (χ4v) is 2.73. The number of hydrogen-bond donors (Lipinski definition) is 2. The maximum atomic E-state index is 12.8. The SMILES string of the molecule is C[C@@]1(c2ccc(OC(F)F)cc2)NC(=O)N(/N=C\c2ccc(C(=O)O)cc2)C1=O. The third-order valence-electron chi connectivity index (χ3n) is 4.31. The first-order valence-corrected chi connectivity index (χ1v) is 8.30. The Morgan fingerprint density at radius 1 is 1.17 bits per heavy atom. The van der Waals surface area contributed by atoms with Crippen LogP contribution in [-0.2, 0) is 10.3 Å². The van der Waals surface area contributed by atoms with Gasteiger partial charge in [-0.3, -0.25) is 4.79 Å². The second-order valence-electron chi connectivity index (χ2n) is 6.25. The van der Waals surface area contributed by atoms with Crippen LogP contribution in [-0.4, -0.2) is 40.8 Å². The quantitative estimate of drug-likeness (QED) is 0.570. The van der Waals surface area contributed by atoms with Crippen molar-refractivity contribution in [3.05, 3.63) is 65.2 Å². The van der Waals surface area contributed by atoms with Crippen LogP contribution in [0.4, 0.5) is 13.6 Å². The van der Waals surface area contributed by atoms with E-state index in [4.69, 9.17) is 5.11 Å². The number of ether oxygens (including phenoxy) is 1. The molecule has 0 radical (unpaired) electrons. The highest BCUT2D eigenvalue weighted by Crippen LogP contribution is 2.30. The lowest BCUT2D eigenvalue weighted by Gasteiger charge is -2.21. The topological polar surface area (TPSA) is 108 Å². The molecule has 1 heterocycles. The molecular formula is C19H15F2N3O5. The molecule has 0 unspecified atom stereocenters. The maximum absolute atomic E-state index is 12.8. The third kappa shape index (κ3) is 4.05. The van der Waals surface area contributed by atoms with Crippen molar-refractivity contribution in [3.63, 3.8) is 0 Å². The number of carboxylic acid groups (broad SMARTS) is 1. The van der Waals surface area contributed by atoms with Crippen molar-refractivity contribution in [1.82, 2.24) is 10.3 Å². The Labute approximate surface area is 163 Å². The Balaban J connectivity index is 1.78. The molecule has 2 aromatic rings. The number of rotatable bonds is 6. The molecule has 1 fully saturated rings. The number of halogens is 2. The zero-order chi connectivity index (χ0) is 21.2. The van der Waals surface area contributed by atoms with Crippen LogP contribution >= 0.6 is 0 Å². The lowest BCUT2D eigenvalue weighted by molar-refractivity contribution is -0.131. The summed E-state index contributed by atoms with van der Waals surface area (Å²) in [4.78, 5) is 35.9. The number of imide groups is 1. The second kappa shape index (κ2) is 7.66. The Kier molecular flexibility index (Phi) is 5.26. The van der Waals surface area contributed by atoms with Gasteiger partial charge in [0.2, 0.25) is 0 Å². The van der Waals surface area contributed by atoms with Gasteiger partial charge < -0.3 is 15.2 Å². The van der Waals surface area contributed by atoms with Crippen LogP contribution in [0.3, 0.4) is 0 Å². The molecule has 0 aromatic heterocycles. The molecule has 0 saturated carbocycles. The number of carbonyl (C=O) groups is 3. The lowest BCUT2D eigenvalue weighted by atomic mass is 9.92. The molecule has 0 spiro atoms. The van der Waals surface area contributed by atoms with Crippen LogP contribution in [0.5, 0.6) is 5.75 Å². The molecule has 1 saturated heterocycles. The fourth-order valence-electron chi connectivity index (χ4n) is 2.73. The van der Waals surface area contributed by atoms with Crippen molar-refractivity contribution < 1.29 is 33.0 Å². The summed E-state index contributed by atoms with van der Waals surface area (Å²) in [5.41, 5.74) is -0.507. The molecule has 8 nitrogen and oxygen atoms in total. The number of alkyl halides is 2. The van der Waals surface area contributed by atoms with Crippen molar-refractivity contribution >= 4 is 24.1 Å². The molecule has 1 aliphatic rings. The molecule has 0 bridgehead atoms. The minimum Gasteiger partial charge on any atom is -0.478 e. The van der Waals surface area contributed by atoms with Gasteiger partial charge in [0.1, 0.15) is 11.3 Å².